The van der Waals surface area contributed by atoms with Crippen LogP contribution in [0.5, 0.6) is 11.5 Å². The normalized spacial score (nSPS) is 11.2. The number of hydrogen-bond donors (Lipinski definition) is 3. The Morgan fingerprint density at radius 2 is 1.16 bits per heavy atom. The third kappa shape index (κ3) is 2.25. The van der Waals surface area contributed by atoms with Crippen LogP contribution in [-0.2, 0) is 10.2 Å². The van der Waals surface area contributed by atoms with Gasteiger partial charge in [0.25, 0.3) is 0 Å². The predicted molar refractivity (Wildman–Crippen MR) is 70.3 cm³/mol. The quantitative estimate of drug-likeness (QED) is 0.790. The second kappa shape index (κ2) is 4.65. The van der Waals surface area contributed by atoms with Gasteiger partial charge in [-0.15, -0.1) is 0 Å². The van der Waals surface area contributed by atoms with Crippen molar-refractivity contribution in [3.05, 3.63) is 59.7 Å². The van der Waals surface area contributed by atoms with Gasteiger partial charge in [-0.2, -0.15) is 0 Å². The fourth-order valence-electron chi connectivity index (χ4n) is 2.00. The van der Waals surface area contributed by atoms with Crippen LogP contribution in [0.2, 0.25) is 0 Å². The number of aromatic hydroxyl groups is 2. The molecule has 4 nitrogen and oxygen atoms in total. The Kier molecular flexibility index (Phi) is 3.17. The molecule has 4 heteroatoms. The summed E-state index contributed by atoms with van der Waals surface area (Å²) in [6.07, 6.45) is 0. The van der Waals surface area contributed by atoms with Crippen molar-refractivity contribution in [2.45, 2.75) is 12.3 Å². The second-order valence-electron chi connectivity index (χ2n) is 4.52. The van der Waals surface area contributed by atoms with E-state index in [1.165, 1.54) is 24.3 Å². The highest BCUT2D eigenvalue weighted by atomic mass is 16.4. The topological polar surface area (TPSA) is 77.8 Å². The average Bonchev–Trinajstić information content (AvgIpc) is 2.39. The highest BCUT2D eigenvalue weighted by Crippen LogP contribution is 2.33. The SMILES string of the molecule is CC(C(=O)O)(c1ccc(O)cc1)c1ccc(O)cc1. The lowest BCUT2D eigenvalue weighted by atomic mass is 9.76. The standard InChI is InChI=1S/C15H14O4/c1-15(14(18)19,10-2-6-12(16)7-3-10)11-4-8-13(17)9-5-11/h2-9,16-17H,1H3,(H,18,19). The maximum Gasteiger partial charge on any atom is 0.318 e. The first-order chi connectivity index (χ1) is 8.94. The molecule has 0 unspecified atom stereocenters. The second-order valence-corrected chi connectivity index (χ2v) is 4.52. The van der Waals surface area contributed by atoms with Crippen LogP contribution in [0.3, 0.4) is 0 Å². The summed E-state index contributed by atoms with van der Waals surface area (Å²) in [5, 5.41) is 28.1. The Labute approximate surface area is 110 Å². The molecule has 0 atom stereocenters. The summed E-state index contributed by atoms with van der Waals surface area (Å²) in [5.74, 6) is -0.826. The number of phenols is 2. The van der Waals surface area contributed by atoms with E-state index in [1.807, 2.05) is 0 Å². The third-order valence-corrected chi connectivity index (χ3v) is 3.32. The molecule has 0 aliphatic carbocycles. The minimum absolute atomic E-state index is 0.0854. The van der Waals surface area contributed by atoms with Crippen molar-refractivity contribution in [3.8, 4) is 11.5 Å². The summed E-state index contributed by atoms with van der Waals surface area (Å²) in [7, 11) is 0. The number of rotatable bonds is 3. The molecule has 0 aromatic heterocycles. The Balaban J connectivity index is 2.57. The molecule has 0 saturated carbocycles. The maximum atomic E-state index is 11.7. The van der Waals surface area contributed by atoms with Crippen LogP contribution in [0.4, 0.5) is 0 Å². The third-order valence-electron chi connectivity index (χ3n) is 3.32. The number of carboxylic acid groups (broad SMARTS) is 1. The summed E-state index contributed by atoms with van der Waals surface area (Å²) in [5.41, 5.74) is -0.117. The number of phenolic OH excluding ortho intramolecular Hbond substituents is 2. The number of benzene rings is 2. The van der Waals surface area contributed by atoms with E-state index in [-0.39, 0.29) is 11.5 Å². The van der Waals surface area contributed by atoms with Gasteiger partial charge in [0.1, 0.15) is 16.9 Å². The van der Waals surface area contributed by atoms with E-state index in [2.05, 4.69) is 0 Å². The number of carbonyl (C=O) groups is 1. The molecule has 2 aromatic rings. The molecule has 2 rings (SSSR count). The fraction of sp³-hybridized carbons (Fsp3) is 0.133. The summed E-state index contributed by atoms with van der Waals surface area (Å²) in [6, 6.07) is 12.1. The molecule has 0 saturated heterocycles. The van der Waals surface area contributed by atoms with Crippen LogP contribution in [0.1, 0.15) is 18.1 Å². The molecule has 2 aromatic carbocycles. The minimum Gasteiger partial charge on any atom is -0.508 e. The molecule has 0 spiro atoms. The van der Waals surface area contributed by atoms with Crippen LogP contribution < -0.4 is 0 Å². The zero-order valence-electron chi connectivity index (χ0n) is 10.4. The van der Waals surface area contributed by atoms with Crippen LogP contribution in [-0.4, -0.2) is 21.3 Å². The Morgan fingerprint density at radius 3 is 1.42 bits per heavy atom. The van der Waals surface area contributed by atoms with Crippen molar-refractivity contribution >= 4 is 5.97 Å². The van der Waals surface area contributed by atoms with Crippen LogP contribution in [0.15, 0.2) is 48.5 Å². The van der Waals surface area contributed by atoms with Gasteiger partial charge in [-0.25, -0.2) is 0 Å². The molecule has 0 bridgehead atoms. The largest absolute Gasteiger partial charge is 0.508 e. The highest BCUT2D eigenvalue weighted by molar-refractivity contribution is 5.85. The monoisotopic (exact) mass is 258 g/mol. The lowest BCUT2D eigenvalue weighted by Gasteiger charge is -2.26. The van der Waals surface area contributed by atoms with Gasteiger partial charge >= 0.3 is 5.97 Å². The Hall–Kier alpha value is -2.49. The predicted octanol–water partition coefficient (Wildman–Crippen LogP) is 2.49. The summed E-state index contributed by atoms with van der Waals surface area (Å²) in [4.78, 5) is 11.7. The van der Waals surface area contributed by atoms with Crippen molar-refractivity contribution in [1.82, 2.24) is 0 Å². The first kappa shape index (κ1) is 13.0. The fourth-order valence-corrected chi connectivity index (χ4v) is 2.00. The van der Waals surface area contributed by atoms with E-state index in [1.54, 1.807) is 31.2 Å². The van der Waals surface area contributed by atoms with Crippen molar-refractivity contribution in [2.75, 3.05) is 0 Å². The molecule has 98 valence electrons. The summed E-state index contributed by atoms with van der Waals surface area (Å²) in [6.45, 7) is 1.59. The zero-order chi connectivity index (χ0) is 14.0. The van der Waals surface area contributed by atoms with Gasteiger partial charge in [0, 0.05) is 0 Å². The van der Waals surface area contributed by atoms with Gasteiger partial charge < -0.3 is 15.3 Å². The van der Waals surface area contributed by atoms with E-state index in [0.717, 1.165) is 0 Å². The van der Waals surface area contributed by atoms with E-state index < -0.39 is 11.4 Å². The van der Waals surface area contributed by atoms with Crippen molar-refractivity contribution < 1.29 is 20.1 Å². The van der Waals surface area contributed by atoms with Crippen LogP contribution in [0, 0.1) is 0 Å². The molecule has 0 aliphatic heterocycles. The zero-order valence-corrected chi connectivity index (χ0v) is 10.4. The number of hydrogen-bond acceptors (Lipinski definition) is 3. The molecule has 0 aliphatic rings. The van der Waals surface area contributed by atoms with Gasteiger partial charge in [-0.05, 0) is 42.3 Å². The van der Waals surface area contributed by atoms with Gasteiger partial charge in [0.05, 0.1) is 0 Å². The smallest absolute Gasteiger partial charge is 0.318 e. The average molecular weight is 258 g/mol. The van der Waals surface area contributed by atoms with E-state index >= 15 is 0 Å². The van der Waals surface area contributed by atoms with Gasteiger partial charge in [-0.1, -0.05) is 24.3 Å². The molecule has 0 amide bonds. The molecular weight excluding hydrogens is 244 g/mol. The lowest BCUT2D eigenvalue weighted by molar-refractivity contribution is -0.141. The lowest BCUT2D eigenvalue weighted by Crippen LogP contribution is -2.33. The van der Waals surface area contributed by atoms with Gasteiger partial charge in [-0.3, -0.25) is 4.79 Å². The van der Waals surface area contributed by atoms with Crippen LogP contribution >= 0.6 is 0 Å². The molecule has 0 heterocycles. The molecule has 3 N–H and O–H groups in total. The first-order valence-electron chi connectivity index (χ1n) is 5.77. The highest BCUT2D eigenvalue weighted by Gasteiger charge is 2.37. The molecule has 0 radical (unpaired) electrons. The number of carboxylic acids is 1. The first-order valence-corrected chi connectivity index (χ1v) is 5.77. The summed E-state index contributed by atoms with van der Waals surface area (Å²) >= 11 is 0. The molecular formula is C15H14O4. The Morgan fingerprint density at radius 1 is 0.842 bits per heavy atom. The van der Waals surface area contributed by atoms with E-state index in [4.69, 9.17) is 0 Å². The van der Waals surface area contributed by atoms with Crippen LogP contribution in [0.25, 0.3) is 0 Å². The van der Waals surface area contributed by atoms with Crippen molar-refractivity contribution in [2.24, 2.45) is 0 Å². The Bertz CT molecular complexity index is 539. The van der Waals surface area contributed by atoms with Crippen molar-refractivity contribution in [1.29, 1.82) is 0 Å². The molecule has 0 fully saturated rings. The van der Waals surface area contributed by atoms with Gasteiger partial charge in [0.15, 0.2) is 0 Å². The van der Waals surface area contributed by atoms with Crippen molar-refractivity contribution in [3.63, 3.8) is 0 Å². The number of aliphatic carboxylic acids is 1. The minimum atomic E-state index is -1.23. The molecule has 19 heavy (non-hydrogen) atoms. The summed E-state index contributed by atoms with van der Waals surface area (Å²) < 4.78 is 0. The van der Waals surface area contributed by atoms with E-state index in [9.17, 15) is 20.1 Å². The van der Waals surface area contributed by atoms with E-state index in [0.29, 0.717) is 11.1 Å². The maximum absolute atomic E-state index is 11.7. The van der Waals surface area contributed by atoms with Gasteiger partial charge in [0.2, 0.25) is 0 Å².